The van der Waals surface area contributed by atoms with E-state index in [1.54, 1.807) is 0 Å². The van der Waals surface area contributed by atoms with Gasteiger partial charge in [-0.1, -0.05) is 35.3 Å². The van der Waals surface area contributed by atoms with Gasteiger partial charge in [-0.25, -0.2) is 16.8 Å². The molecule has 0 bridgehead atoms. The van der Waals surface area contributed by atoms with Gasteiger partial charge in [0, 0.05) is 16.3 Å². The van der Waals surface area contributed by atoms with Gasteiger partial charge in [-0.3, -0.25) is 14.2 Å². The molecule has 0 saturated carbocycles. The largest absolute Gasteiger partial charge is 0.295 e. The second kappa shape index (κ2) is 8.88. The topological polar surface area (TPSA) is 109 Å². The van der Waals surface area contributed by atoms with Gasteiger partial charge < -0.3 is 0 Å². The molecule has 0 aliphatic rings. The number of Topliss-reactive ketones (excluding diaryl/α,β-unsaturated/α-hetero) is 1. The molecular formula is C20H16Cl2N2O5S2. The Kier molecular flexibility index (Phi) is 6.61. The number of halogens is 2. The lowest BCUT2D eigenvalue weighted by atomic mass is 10.2. The first-order valence-corrected chi connectivity index (χ1v) is 12.4. The lowest BCUT2D eigenvalue weighted by molar-refractivity contribution is 0.101. The van der Waals surface area contributed by atoms with Crippen molar-refractivity contribution < 1.29 is 21.6 Å². The molecule has 0 fully saturated rings. The molecule has 0 unspecified atom stereocenters. The zero-order valence-electron chi connectivity index (χ0n) is 16.0. The third-order valence-electron chi connectivity index (χ3n) is 4.14. The maximum atomic E-state index is 12.8. The fourth-order valence-electron chi connectivity index (χ4n) is 2.58. The van der Waals surface area contributed by atoms with E-state index in [2.05, 4.69) is 9.44 Å². The third kappa shape index (κ3) is 5.56. The lowest BCUT2D eigenvalue weighted by Gasteiger charge is -2.13. The first kappa shape index (κ1) is 23.1. The van der Waals surface area contributed by atoms with Crippen molar-refractivity contribution in [2.45, 2.75) is 16.7 Å². The fraction of sp³-hybridized carbons (Fsp3) is 0.0500. The van der Waals surface area contributed by atoms with Gasteiger partial charge in [0.25, 0.3) is 20.0 Å². The Bertz CT molecular complexity index is 1340. The number of rotatable bonds is 7. The van der Waals surface area contributed by atoms with Gasteiger partial charge in [-0.05, 0) is 61.5 Å². The van der Waals surface area contributed by atoms with Crippen LogP contribution >= 0.6 is 23.2 Å². The number of hydrogen-bond donors (Lipinski definition) is 2. The lowest BCUT2D eigenvalue weighted by Crippen LogP contribution is -2.16. The van der Waals surface area contributed by atoms with E-state index >= 15 is 0 Å². The highest BCUT2D eigenvalue weighted by molar-refractivity contribution is 7.93. The van der Waals surface area contributed by atoms with Crippen molar-refractivity contribution in [1.82, 2.24) is 0 Å². The maximum absolute atomic E-state index is 12.8. The van der Waals surface area contributed by atoms with E-state index in [-0.39, 0.29) is 32.0 Å². The standard InChI is InChI=1S/C20H16Cl2N2O5S2/c1-13(25)14-2-9-18(10-3-14)30(26,27)24-17-8-11-19(22)20(12-17)31(28,29)23-16-6-4-15(21)5-7-16/h2-12,23-24H,1H3. The molecule has 0 radical (unpaired) electrons. The number of ketones is 1. The minimum atomic E-state index is -4.11. The highest BCUT2D eigenvalue weighted by atomic mass is 35.5. The van der Waals surface area contributed by atoms with Crippen LogP contribution in [-0.4, -0.2) is 22.6 Å². The predicted octanol–water partition coefficient (Wildman–Crippen LogP) is 4.80. The van der Waals surface area contributed by atoms with Crippen LogP contribution in [0.3, 0.4) is 0 Å². The molecule has 3 aromatic rings. The summed E-state index contributed by atoms with van der Waals surface area (Å²) in [5.41, 5.74) is 0.626. The second-order valence-electron chi connectivity index (χ2n) is 6.44. The summed E-state index contributed by atoms with van der Waals surface area (Å²) in [5.74, 6) is -0.197. The summed E-state index contributed by atoms with van der Waals surface area (Å²) in [6.07, 6.45) is 0. The summed E-state index contributed by atoms with van der Waals surface area (Å²) in [6, 6.07) is 15.1. The van der Waals surface area contributed by atoms with E-state index in [0.717, 1.165) is 6.07 Å². The van der Waals surface area contributed by atoms with Crippen LogP contribution in [0.5, 0.6) is 0 Å². The molecule has 7 nitrogen and oxygen atoms in total. The monoisotopic (exact) mass is 498 g/mol. The van der Waals surface area contributed by atoms with Crippen LogP contribution in [0, 0.1) is 0 Å². The summed E-state index contributed by atoms with van der Waals surface area (Å²) in [5, 5.41) is 0.351. The van der Waals surface area contributed by atoms with Crippen LogP contribution < -0.4 is 9.44 Å². The Morgan fingerprint density at radius 2 is 1.29 bits per heavy atom. The van der Waals surface area contributed by atoms with Crippen molar-refractivity contribution in [3.8, 4) is 0 Å². The van der Waals surface area contributed by atoms with Crippen molar-refractivity contribution in [2.24, 2.45) is 0 Å². The molecule has 0 aromatic heterocycles. The average Bonchev–Trinajstić information content (AvgIpc) is 2.71. The van der Waals surface area contributed by atoms with E-state index in [1.165, 1.54) is 67.6 Å². The van der Waals surface area contributed by atoms with Crippen molar-refractivity contribution in [2.75, 3.05) is 9.44 Å². The van der Waals surface area contributed by atoms with Crippen LogP contribution in [0.4, 0.5) is 11.4 Å². The number of benzene rings is 3. The summed E-state index contributed by atoms with van der Waals surface area (Å²) < 4.78 is 55.5. The molecule has 31 heavy (non-hydrogen) atoms. The zero-order chi connectivity index (χ0) is 22.8. The minimum absolute atomic E-state index is 0.00322. The second-order valence-corrected chi connectivity index (χ2v) is 10.6. The van der Waals surface area contributed by atoms with E-state index in [1.807, 2.05) is 0 Å². The summed E-state index contributed by atoms with van der Waals surface area (Å²) in [4.78, 5) is 11.0. The SMILES string of the molecule is CC(=O)c1ccc(S(=O)(=O)Nc2ccc(Cl)c(S(=O)(=O)Nc3ccc(Cl)cc3)c2)cc1. The Morgan fingerprint density at radius 1 is 0.742 bits per heavy atom. The number of sulfonamides is 2. The van der Waals surface area contributed by atoms with Crippen LogP contribution in [-0.2, 0) is 20.0 Å². The number of carbonyl (C=O) groups is 1. The van der Waals surface area contributed by atoms with E-state index in [0.29, 0.717) is 10.6 Å². The van der Waals surface area contributed by atoms with Crippen molar-refractivity contribution >= 4 is 60.4 Å². The highest BCUT2D eigenvalue weighted by Crippen LogP contribution is 2.28. The number of nitrogens with one attached hydrogen (secondary N) is 2. The first-order valence-electron chi connectivity index (χ1n) is 8.70. The first-order chi connectivity index (χ1) is 14.5. The molecule has 0 saturated heterocycles. The molecule has 0 heterocycles. The zero-order valence-corrected chi connectivity index (χ0v) is 19.1. The summed E-state index contributed by atoms with van der Waals surface area (Å²) >= 11 is 11.9. The smallest absolute Gasteiger partial charge is 0.263 e. The molecule has 11 heteroatoms. The summed E-state index contributed by atoms with van der Waals surface area (Å²) in [6.45, 7) is 1.37. The van der Waals surface area contributed by atoms with E-state index in [9.17, 15) is 21.6 Å². The number of anilines is 2. The fourth-order valence-corrected chi connectivity index (χ4v) is 5.34. The van der Waals surface area contributed by atoms with Gasteiger partial charge in [0.05, 0.1) is 15.6 Å². The summed E-state index contributed by atoms with van der Waals surface area (Å²) in [7, 11) is -8.14. The Morgan fingerprint density at radius 3 is 1.87 bits per heavy atom. The van der Waals surface area contributed by atoms with Crippen molar-refractivity contribution in [3.63, 3.8) is 0 Å². The molecule has 0 aliphatic carbocycles. The molecular weight excluding hydrogens is 483 g/mol. The Hall–Kier alpha value is -2.59. The van der Waals surface area contributed by atoms with Gasteiger partial charge >= 0.3 is 0 Å². The van der Waals surface area contributed by atoms with Gasteiger partial charge in [-0.15, -0.1) is 0 Å². The highest BCUT2D eigenvalue weighted by Gasteiger charge is 2.21. The van der Waals surface area contributed by atoms with E-state index in [4.69, 9.17) is 23.2 Å². The van der Waals surface area contributed by atoms with Gasteiger partial charge in [0.2, 0.25) is 0 Å². The van der Waals surface area contributed by atoms with Crippen molar-refractivity contribution in [3.05, 3.63) is 82.3 Å². The molecule has 0 atom stereocenters. The van der Waals surface area contributed by atoms with Crippen LogP contribution in [0.1, 0.15) is 17.3 Å². The van der Waals surface area contributed by atoms with Gasteiger partial charge in [0.1, 0.15) is 4.90 Å². The van der Waals surface area contributed by atoms with Crippen molar-refractivity contribution in [1.29, 1.82) is 0 Å². The minimum Gasteiger partial charge on any atom is -0.295 e. The molecule has 0 spiro atoms. The van der Waals surface area contributed by atoms with Crippen LogP contribution in [0.2, 0.25) is 10.0 Å². The Balaban J connectivity index is 1.89. The Labute approximate surface area is 190 Å². The molecule has 162 valence electrons. The van der Waals surface area contributed by atoms with Gasteiger partial charge in [0.15, 0.2) is 5.78 Å². The van der Waals surface area contributed by atoms with Crippen LogP contribution in [0.15, 0.2) is 76.5 Å². The van der Waals surface area contributed by atoms with E-state index < -0.39 is 20.0 Å². The predicted molar refractivity (Wildman–Crippen MR) is 121 cm³/mol. The molecule has 3 aromatic carbocycles. The third-order valence-corrected chi connectivity index (χ3v) is 7.65. The molecule has 3 rings (SSSR count). The average molecular weight is 499 g/mol. The maximum Gasteiger partial charge on any atom is 0.263 e. The quantitative estimate of drug-likeness (QED) is 0.454. The molecule has 0 aliphatic heterocycles. The number of carbonyl (C=O) groups excluding carboxylic acids is 1. The molecule has 2 N–H and O–H groups in total. The molecule has 0 amide bonds. The normalized spacial score (nSPS) is 11.7. The number of hydrogen-bond acceptors (Lipinski definition) is 5. The van der Waals surface area contributed by atoms with Crippen LogP contribution in [0.25, 0.3) is 0 Å². The van der Waals surface area contributed by atoms with Gasteiger partial charge in [-0.2, -0.15) is 0 Å².